The molecule has 1 fully saturated rings. The molecule has 0 aliphatic heterocycles. The van der Waals surface area contributed by atoms with E-state index in [1.165, 1.54) is 21.4 Å². The van der Waals surface area contributed by atoms with Crippen molar-refractivity contribution in [3.05, 3.63) is 51.8 Å². The number of benzene rings is 1. The molecule has 2 unspecified atom stereocenters. The minimum absolute atomic E-state index is 0.0204. The van der Waals surface area contributed by atoms with E-state index in [-0.39, 0.29) is 16.9 Å². The summed E-state index contributed by atoms with van der Waals surface area (Å²) in [4.78, 5) is 12.9. The second-order valence-electron chi connectivity index (χ2n) is 7.74. The van der Waals surface area contributed by atoms with E-state index >= 15 is 0 Å². The molecule has 2 bridgehead atoms. The summed E-state index contributed by atoms with van der Waals surface area (Å²) in [6.07, 6.45) is 3.60. The van der Waals surface area contributed by atoms with E-state index in [1.54, 1.807) is 13.2 Å². The highest BCUT2D eigenvalue weighted by Gasteiger charge is 2.62. The maximum atomic E-state index is 12.9. The smallest absolute Gasteiger partial charge is 0.256 e. The summed E-state index contributed by atoms with van der Waals surface area (Å²) >= 11 is 6.22. The van der Waals surface area contributed by atoms with E-state index in [9.17, 15) is 4.79 Å². The fraction of sp³-hybridized carbons (Fsp3) is 0.474. The normalized spacial score (nSPS) is 26.5. The summed E-state index contributed by atoms with van der Waals surface area (Å²) in [5.74, 6) is 0.340. The summed E-state index contributed by atoms with van der Waals surface area (Å²) in [6, 6.07) is 6.61. The molecule has 4 rings (SSSR count). The highest BCUT2D eigenvalue weighted by atomic mass is 35.5. The van der Waals surface area contributed by atoms with Crippen molar-refractivity contribution < 1.29 is 4.79 Å². The minimum Gasteiger partial charge on any atom is -0.342 e. The first-order chi connectivity index (χ1) is 11.3. The van der Waals surface area contributed by atoms with E-state index in [2.05, 4.69) is 49.4 Å². The van der Waals surface area contributed by atoms with E-state index in [0.717, 1.165) is 12.8 Å². The first kappa shape index (κ1) is 15.7. The molecular formula is C19H22ClN3O. The maximum absolute atomic E-state index is 12.9. The van der Waals surface area contributed by atoms with Crippen LogP contribution in [0.3, 0.4) is 0 Å². The van der Waals surface area contributed by atoms with Crippen LogP contribution in [-0.2, 0) is 12.6 Å². The highest BCUT2D eigenvalue weighted by molar-refractivity contribution is 6.32. The summed E-state index contributed by atoms with van der Waals surface area (Å²) in [5, 5.41) is 7.80. The molecule has 1 aromatic carbocycles. The van der Waals surface area contributed by atoms with Crippen molar-refractivity contribution in [2.75, 3.05) is 0 Å². The van der Waals surface area contributed by atoms with Gasteiger partial charge < -0.3 is 5.32 Å². The monoisotopic (exact) mass is 343 g/mol. The van der Waals surface area contributed by atoms with Gasteiger partial charge in [-0.2, -0.15) is 5.10 Å². The maximum Gasteiger partial charge on any atom is 0.256 e. The lowest BCUT2D eigenvalue weighted by atomic mass is 9.74. The number of hydrogen-bond acceptors (Lipinski definition) is 2. The number of halogens is 1. The van der Waals surface area contributed by atoms with Crippen molar-refractivity contribution in [3.63, 3.8) is 0 Å². The highest BCUT2D eigenvalue weighted by Crippen LogP contribution is 2.66. The summed E-state index contributed by atoms with van der Waals surface area (Å²) in [5.41, 5.74) is 4.01. The molecule has 126 valence electrons. The molecule has 1 N–H and O–H groups in total. The van der Waals surface area contributed by atoms with Crippen LogP contribution in [0.5, 0.6) is 0 Å². The van der Waals surface area contributed by atoms with Gasteiger partial charge in [0.2, 0.25) is 0 Å². The Kier molecular flexibility index (Phi) is 3.17. The van der Waals surface area contributed by atoms with Crippen molar-refractivity contribution in [3.8, 4) is 0 Å². The number of carbonyl (C=O) groups is 1. The van der Waals surface area contributed by atoms with Crippen molar-refractivity contribution in [1.82, 2.24) is 15.1 Å². The van der Waals surface area contributed by atoms with Gasteiger partial charge in [-0.25, -0.2) is 0 Å². The van der Waals surface area contributed by atoms with E-state index < -0.39 is 0 Å². The van der Waals surface area contributed by atoms with Crippen molar-refractivity contribution in [2.24, 2.45) is 12.5 Å². The Balaban J connectivity index is 1.79. The van der Waals surface area contributed by atoms with Crippen molar-refractivity contribution in [2.45, 2.75) is 45.1 Å². The largest absolute Gasteiger partial charge is 0.342 e. The number of fused-ring (bicyclic) bond motifs is 5. The van der Waals surface area contributed by atoms with Crippen LogP contribution < -0.4 is 5.32 Å². The summed E-state index contributed by atoms with van der Waals surface area (Å²) < 4.78 is 1.52. The molecule has 1 amide bonds. The number of hydrogen-bond donors (Lipinski definition) is 1. The molecule has 24 heavy (non-hydrogen) atoms. The number of nitrogens with zero attached hydrogens (tertiary/aromatic N) is 2. The van der Waals surface area contributed by atoms with Crippen LogP contribution in [0.2, 0.25) is 5.15 Å². The zero-order valence-electron chi connectivity index (χ0n) is 14.5. The lowest BCUT2D eigenvalue weighted by Crippen LogP contribution is -2.51. The fourth-order valence-corrected chi connectivity index (χ4v) is 5.03. The van der Waals surface area contributed by atoms with Crippen LogP contribution in [0.1, 0.15) is 59.7 Å². The average Bonchev–Trinajstić information content (AvgIpc) is 3.04. The molecule has 2 aliphatic carbocycles. The topological polar surface area (TPSA) is 46.9 Å². The molecule has 0 spiro atoms. The van der Waals surface area contributed by atoms with Crippen LogP contribution in [0.15, 0.2) is 24.4 Å². The molecule has 1 heterocycles. The van der Waals surface area contributed by atoms with E-state index in [0.29, 0.717) is 16.6 Å². The molecule has 2 atom stereocenters. The summed E-state index contributed by atoms with van der Waals surface area (Å²) in [7, 11) is 1.74. The quantitative estimate of drug-likeness (QED) is 0.898. The minimum atomic E-state index is -0.336. The third-order valence-corrected chi connectivity index (χ3v) is 6.71. The van der Waals surface area contributed by atoms with Crippen LogP contribution in [0.25, 0.3) is 0 Å². The number of nitrogens with one attached hydrogen (secondary N) is 1. The molecule has 4 nitrogen and oxygen atoms in total. The number of aromatic nitrogens is 2. The standard InChI is InChI=1S/C19H22ClN3O/c1-11-5-6-15-12(9-11)14-7-8-19(15,18(14,2)3)22-17(24)13-10-21-23(4)16(13)20/h5-6,9-10,14H,7-8H2,1-4H3,(H,22,24). The predicted molar refractivity (Wildman–Crippen MR) is 94.3 cm³/mol. The van der Waals surface area contributed by atoms with Crippen molar-refractivity contribution >= 4 is 17.5 Å². The molecule has 0 saturated heterocycles. The number of amides is 1. The van der Waals surface area contributed by atoms with Gasteiger partial charge in [0.05, 0.1) is 17.3 Å². The average molecular weight is 344 g/mol. The first-order valence-electron chi connectivity index (χ1n) is 8.39. The SMILES string of the molecule is Cc1ccc2c(c1)C1CCC2(NC(=O)c2cnn(C)c2Cl)C1(C)C. The van der Waals surface area contributed by atoms with Gasteiger partial charge in [-0.15, -0.1) is 0 Å². The molecule has 5 heteroatoms. The lowest BCUT2D eigenvalue weighted by Gasteiger charge is -2.39. The Morgan fingerprint density at radius 2 is 2.17 bits per heavy atom. The van der Waals surface area contributed by atoms with Gasteiger partial charge in [0.15, 0.2) is 0 Å². The van der Waals surface area contributed by atoms with E-state index in [4.69, 9.17) is 11.6 Å². The molecule has 0 radical (unpaired) electrons. The number of rotatable bonds is 2. The van der Waals surface area contributed by atoms with Crippen LogP contribution in [0, 0.1) is 12.3 Å². The molecule has 1 aromatic heterocycles. The van der Waals surface area contributed by atoms with Crippen LogP contribution in [0.4, 0.5) is 0 Å². The van der Waals surface area contributed by atoms with Gasteiger partial charge in [0.1, 0.15) is 5.15 Å². The van der Waals surface area contributed by atoms with Crippen molar-refractivity contribution in [1.29, 1.82) is 0 Å². The fourth-order valence-electron chi connectivity index (χ4n) is 4.85. The Hall–Kier alpha value is -1.81. The van der Waals surface area contributed by atoms with Gasteiger partial charge in [-0.1, -0.05) is 49.2 Å². The Bertz CT molecular complexity index is 854. The van der Waals surface area contributed by atoms with Gasteiger partial charge >= 0.3 is 0 Å². The second kappa shape index (κ2) is 4.85. The van der Waals surface area contributed by atoms with Gasteiger partial charge in [0, 0.05) is 7.05 Å². The van der Waals surface area contributed by atoms with Gasteiger partial charge in [-0.3, -0.25) is 9.48 Å². The van der Waals surface area contributed by atoms with Gasteiger partial charge in [0.25, 0.3) is 5.91 Å². The molecule has 2 aliphatic rings. The Morgan fingerprint density at radius 3 is 2.83 bits per heavy atom. The molecule has 1 saturated carbocycles. The third-order valence-electron chi connectivity index (χ3n) is 6.26. The van der Waals surface area contributed by atoms with E-state index in [1.807, 2.05) is 0 Å². The molecule has 2 aromatic rings. The van der Waals surface area contributed by atoms with Crippen LogP contribution in [-0.4, -0.2) is 15.7 Å². The van der Waals surface area contributed by atoms with Crippen LogP contribution >= 0.6 is 11.6 Å². The number of aryl methyl sites for hydroxylation is 2. The third kappa shape index (κ3) is 1.80. The second-order valence-corrected chi connectivity index (χ2v) is 8.09. The lowest BCUT2D eigenvalue weighted by molar-refractivity contribution is 0.0809. The zero-order valence-corrected chi connectivity index (χ0v) is 15.2. The Morgan fingerprint density at radius 1 is 1.42 bits per heavy atom. The Labute approximate surface area is 147 Å². The number of carbonyl (C=O) groups excluding carboxylic acids is 1. The first-order valence-corrected chi connectivity index (χ1v) is 8.77. The summed E-state index contributed by atoms with van der Waals surface area (Å²) in [6.45, 7) is 6.66. The predicted octanol–water partition coefficient (Wildman–Crippen LogP) is 3.92. The molecular weight excluding hydrogens is 322 g/mol. The van der Waals surface area contributed by atoms with Gasteiger partial charge in [-0.05, 0) is 42.2 Å². The zero-order chi connectivity index (χ0) is 17.3.